The van der Waals surface area contributed by atoms with Gasteiger partial charge >= 0.3 is 0 Å². The van der Waals surface area contributed by atoms with Crippen molar-refractivity contribution in [2.75, 3.05) is 10.0 Å². The highest BCUT2D eigenvalue weighted by atomic mass is 79.9. The second-order valence-corrected chi connectivity index (χ2v) is 10.9. The molecule has 7 heteroatoms. The lowest BCUT2D eigenvalue weighted by molar-refractivity contribution is 0.425. The van der Waals surface area contributed by atoms with Gasteiger partial charge in [0.25, 0.3) is 10.0 Å². The molecule has 1 aliphatic heterocycles. The summed E-state index contributed by atoms with van der Waals surface area (Å²) >= 11 is 9.87. The van der Waals surface area contributed by atoms with Gasteiger partial charge in [-0.2, -0.15) is 0 Å². The second-order valence-electron chi connectivity index (χ2n) is 7.86. The van der Waals surface area contributed by atoms with Crippen LogP contribution in [-0.4, -0.2) is 8.42 Å². The summed E-state index contributed by atoms with van der Waals surface area (Å²) < 4.78 is 29.6. The number of halogens is 2. The van der Waals surface area contributed by atoms with Gasteiger partial charge < -0.3 is 5.32 Å². The van der Waals surface area contributed by atoms with Crippen LogP contribution >= 0.6 is 27.5 Å². The maximum Gasteiger partial charge on any atom is 0.261 e. The van der Waals surface area contributed by atoms with Crippen LogP contribution in [0.4, 0.5) is 11.4 Å². The topological polar surface area (TPSA) is 58.2 Å². The number of anilines is 2. The number of benzene rings is 3. The first-order valence-corrected chi connectivity index (χ1v) is 12.7. The fourth-order valence-corrected chi connectivity index (χ4v) is 6.28. The molecule has 0 unspecified atom stereocenters. The van der Waals surface area contributed by atoms with Crippen LogP contribution in [0.2, 0.25) is 5.02 Å². The Bertz CT molecular complexity index is 1290. The van der Waals surface area contributed by atoms with Crippen molar-refractivity contribution in [2.24, 2.45) is 5.92 Å². The Kier molecular flexibility index (Phi) is 5.32. The third kappa shape index (κ3) is 3.88. The Balaban J connectivity index is 1.51. The van der Waals surface area contributed by atoms with Crippen LogP contribution in [0.25, 0.3) is 0 Å². The van der Waals surface area contributed by atoms with Crippen molar-refractivity contribution in [3.63, 3.8) is 0 Å². The third-order valence-electron chi connectivity index (χ3n) is 5.96. The molecule has 2 aliphatic rings. The van der Waals surface area contributed by atoms with Gasteiger partial charge in [0.05, 0.1) is 10.9 Å². The lowest BCUT2D eigenvalue weighted by atomic mass is 9.77. The van der Waals surface area contributed by atoms with Gasteiger partial charge in [-0.05, 0) is 65.9 Å². The molecule has 4 nitrogen and oxygen atoms in total. The Hall–Kier alpha value is -2.28. The van der Waals surface area contributed by atoms with E-state index in [0.29, 0.717) is 5.69 Å². The van der Waals surface area contributed by atoms with Crippen molar-refractivity contribution in [2.45, 2.75) is 23.3 Å². The van der Waals surface area contributed by atoms with E-state index in [1.54, 1.807) is 30.3 Å². The predicted octanol–water partition coefficient (Wildman–Crippen LogP) is 6.73. The van der Waals surface area contributed by atoms with Gasteiger partial charge in [-0.25, -0.2) is 8.42 Å². The first-order valence-electron chi connectivity index (χ1n) is 10.0. The van der Waals surface area contributed by atoms with Gasteiger partial charge in [-0.1, -0.05) is 63.9 Å². The van der Waals surface area contributed by atoms with E-state index in [2.05, 4.69) is 44.2 Å². The van der Waals surface area contributed by atoms with Crippen LogP contribution in [0.15, 0.2) is 88.3 Å². The van der Waals surface area contributed by atoms with Crippen LogP contribution in [0.5, 0.6) is 0 Å². The van der Waals surface area contributed by atoms with Crippen molar-refractivity contribution < 1.29 is 8.42 Å². The molecular weight excluding hydrogens is 496 g/mol. The Morgan fingerprint density at radius 3 is 2.65 bits per heavy atom. The summed E-state index contributed by atoms with van der Waals surface area (Å²) in [6, 6.07) is 20.4. The van der Waals surface area contributed by atoms with Crippen molar-refractivity contribution in [3.8, 4) is 0 Å². The molecule has 31 heavy (non-hydrogen) atoms. The highest BCUT2D eigenvalue weighted by Crippen LogP contribution is 2.51. The highest BCUT2D eigenvalue weighted by molar-refractivity contribution is 9.10. The van der Waals surface area contributed by atoms with Crippen molar-refractivity contribution in [1.82, 2.24) is 0 Å². The number of hydrogen-bond donors (Lipinski definition) is 2. The summed E-state index contributed by atoms with van der Waals surface area (Å²) in [6.07, 6.45) is 5.28. The molecule has 0 spiro atoms. The molecule has 0 radical (unpaired) electrons. The minimum atomic E-state index is -3.71. The minimum absolute atomic E-state index is 0.0726. The highest BCUT2D eigenvalue weighted by Gasteiger charge is 2.39. The average Bonchev–Trinajstić information content (AvgIpc) is 3.23. The molecule has 158 valence electrons. The van der Waals surface area contributed by atoms with Gasteiger partial charge in [-0.3, -0.25) is 4.72 Å². The maximum atomic E-state index is 13.0. The van der Waals surface area contributed by atoms with Crippen LogP contribution in [0, 0.1) is 5.92 Å². The normalized spacial score (nSPS) is 21.8. The van der Waals surface area contributed by atoms with Gasteiger partial charge in [0.1, 0.15) is 0 Å². The molecule has 0 aromatic heterocycles. The summed E-state index contributed by atoms with van der Waals surface area (Å²) in [6.45, 7) is 0. The van der Waals surface area contributed by atoms with Crippen LogP contribution in [0.3, 0.4) is 0 Å². The number of fused-ring (bicyclic) bond motifs is 3. The minimum Gasteiger partial charge on any atom is -0.378 e. The third-order valence-corrected chi connectivity index (χ3v) is 8.18. The van der Waals surface area contributed by atoms with E-state index in [0.717, 1.165) is 32.7 Å². The van der Waals surface area contributed by atoms with Gasteiger partial charge in [0.2, 0.25) is 0 Å². The lowest BCUT2D eigenvalue weighted by Gasteiger charge is -2.38. The predicted molar refractivity (Wildman–Crippen MR) is 129 cm³/mol. The van der Waals surface area contributed by atoms with E-state index in [1.165, 1.54) is 0 Å². The molecule has 0 saturated heterocycles. The first kappa shape index (κ1) is 20.6. The summed E-state index contributed by atoms with van der Waals surface area (Å²) in [4.78, 5) is 0.253. The quantitative estimate of drug-likeness (QED) is 0.379. The van der Waals surface area contributed by atoms with E-state index in [9.17, 15) is 8.42 Å². The van der Waals surface area contributed by atoms with Gasteiger partial charge in [0.15, 0.2) is 0 Å². The van der Waals surface area contributed by atoms with Crippen LogP contribution < -0.4 is 10.0 Å². The number of nitrogens with one attached hydrogen (secondary N) is 2. The molecular formula is C24H20BrClN2O2S. The summed E-state index contributed by atoms with van der Waals surface area (Å²) in [5, 5.41) is 4.36. The number of hydrogen-bond acceptors (Lipinski definition) is 3. The van der Waals surface area contributed by atoms with E-state index < -0.39 is 10.0 Å². The fraction of sp³-hybridized carbons (Fsp3) is 0.167. The molecule has 3 aromatic rings. The van der Waals surface area contributed by atoms with E-state index in [4.69, 9.17) is 11.6 Å². The molecule has 3 atom stereocenters. The van der Waals surface area contributed by atoms with E-state index in [-0.39, 0.29) is 22.8 Å². The van der Waals surface area contributed by atoms with E-state index >= 15 is 0 Å². The smallest absolute Gasteiger partial charge is 0.261 e. The lowest BCUT2D eigenvalue weighted by Crippen LogP contribution is -2.29. The summed E-state index contributed by atoms with van der Waals surface area (Å²) in [7, 11) is -3.71. The zero-order chi connectivity index (χ0) is 21.6. The average molecular weight is 516 g/mol. The van der Waals surface area contributed by atoms with Crippen molar-refractivity contribution >= 4 is 48.9 Å². The van der Waals surface area contributed by atoms with E-state index in [1.807, 2.05) is 30.3 Å². The Morgan fingerprint density at radius 1 is 1.00 bits per heavy atom. The molecule has 1 aliphatic carbocycles. The Morgan fingerprint density at radius 2 is 1.84 bits per heavy atom. The molecule has 0 fully saturated rings. The summed E-state index contributed by atoms with van der Waals surface area (Å²) in [5.74, 6) is 0.418. The zero-order valence-corrected chi connectivity index (χ0v) is 19.6. The maximum absolute atomic E-state index is 13.0. The zero-order valence-electron chi connectivity index (χ0n) is 16.4. The fourth-order valence-electron chi connectivity index (χ4n) is 4.54. The molecule has 5 rings (SSSR count). The standard InChI is InChI=1S/C24H20BrClN2O2S/c25-15-5-3-6-16(13-15)28-31(29,30)17-11-12-23-21(14-17)18-8-4-9-19(18)24(27-23)20-7-1-2-10-22(20)26/h1-8,10-14,18-19,24,27-28H,9H2/t18-,19+,24-/m0/s1. The van der Waals surface area contributed by atoms with Crippen LogP contribution in [-0.2, 0) is 10.0 Å². The van der Waals surface area contributed by atoms with Gasteiger partial charge in [0, 0.05) is 26.8 Å². The molecule has 1 heterocycles. The number of rotatable bonds is 4. The number of sulfonamides is 1. The second kappa shape index (κ2) is 8.01. The molecule has 2 N–H and O–H groups in total. The SMILES string of the molecule is O=S(=O)(Nc1cccc(Br)c1)c1ccc2c(c1)[C@H]1C=CC[C@H]1[C@@H](c1ccccc1Cl)N2. The summed E-state index contributed by atoms with van der Waals surface area (Å²) in [5.41, 5.74) is 3.53. The monoisotopic (exact) mass is 514 g/mol. The van der Waals surface area contributed by atoms with Crippen molar-refractivity contribution in [1.29, 1.82) is 0 Å². The number of allylic oxidation sites excluding steroid dienone is 2. The molecule has 0 amide bonds. The molecule has 3 aromatic carbocycles. The van der Waals surface area contributed by atoms with Crippen molar-refractivity contribution in [3.05, 3.63) is 99.5 Å². The molecule has 0 bridgehead atoms. The van der Waals surface area contributed by atoms with Gasteiger partial charge in [-0.15, -0.1) is 0 Å². The largest absolute Gasteiger partial charge is 0.378 e. The Labute approximate surface area is 195 Å². The first-order chi connectivity index (χ1) is 14.9. The molecule has 0 saturated carbocycles. The van der Waals surface area contributed by atoms with Crippen LogP contribution in [0.1, 0.15) is 29.5 Å².